The van der Waals surface area contributed by atoms with Crippen molar-refractivity contribution in [3.05, 3.63) is 76.9 Å². The summed E-state index contributed by atoms with van der Waals surface area (Å²) in [6.07, 6.45) is -0.249. The Morgan fingerprint density at radius 3 is 2.10 bits per heavy atom. The predicted molar refractivity (Wildman–Crippen MR) is 116 cm³/mol. The van der Waals surface area contributed by atoms with Crippen LogP contribution in [0.2, 0.25) is 0 Å². The maximum Gasteiger partial charge on any atom is 0.212 e. The SMILES string of the molecule is Cc1ccc(N=C2CC(=O)c3c(O)c(Nc4ccc(C)cc4)cc(O)c3C2=O)cc1. The Labute approximate surface area is 173 Å². The number of benzene rings is 3. The van der Waals surface area contributed by atoms with E-state index in [1.165, 1.54) is 6.07 Å². The highest BCUT2D eigenvalue weighted by atomic mass is 16.3. The molecule has 3 aromatic rings. The Morgan fingerprint density at radius 2 is 1.47 bits per heavy atom. The molecule has 1 aliphatic rings. The van der Waals surface area contributed by atoms with E-state index >= 15 is 0 Å². The number of aryl methyl sites for hydroxylation is 2. The summed E-state index contributed by atoms with van der Waals surface area (Å²) in [6, 6.07) is 15.9. The summed E-state index contributed by atoms with van der Waals surface area (Å²) >= 11 is 0. The summed E-state index contributed by atoms with van der Waals surface area (Å²) in [6.45, 7) is 3.89. The van der Waals surface area contributed by atoms with Crippen molar-refractivity contribution in [1.82, 2.24) is 0 Å². The quantitative estimate of drug-likeness (QED) is 0.424. The van der Waals surface area contributed by atoms with Gasteiger partial charge in [-0.05, 0) is 38.1 Å². The van der Waals surface area contributed by atoms with Crippen LogP contribution in [0.25, 0.3) is 0 Å². The normalized spacial score (nSPS) is 14.7. The van der Waals surface area contributed by atoms with Crippen LogP contribution < -0.4 is 5.32 Å². The van der Waals surface area contributed by atoms with Gasteiger partial charge in [0.15, 0.2) is 11.5 Å². The molecule has 0 atom stereocenters. The van der Waals surface area contributed by atoms with Crippen LogP contribution in [-0.4, -0.2) is 27.5 Å². The van der Waals surface area contributed by atoms with E-state index in [4.69, 9.17) is 0 Å². The van der Waals surface area contributed by atoms with Crippen LogP contribution >= 0.6 is 0 Å². The van der Waals surface area contributed by atoms with Crippen molar-refractivity contribution in [2.24, 2.45) is 4.99 Å². The number of rotatable bonds is 3. The minimum absolute atomic E-state index is 0.0327. The molecule has 30 heavy (non-hydrogen) atoms. The Bertz CT molecular complexity index is 1190. The van der Waals surface area contributed by atoms with Gasteiger partial charge in [0.05, 0.1) is 34.6 Å². The minimum Gasteiger partial charge on any atom is -0.507 e. The molecule has 0 spiro atoms. The predicted octanol–water partition coefficient (Wildman–Crippen LogP) is 5.00. The first-order valence-corrected chi connectivity index (χ1v) is 9.48. The lowest BCUT2D eigenvalue weighted by molar-refractivity contribution is 0.0960. The molecule has 6 nitrogen and oxygen atoms in total. The number of anilines is 2. The van der Waals surface area contributed by atoms with Gasteiger partial charge in [0.1, 0.15) is 5.75 Å². The van der Waals surface area contributed by atoms with Crippen LogP contribution in [0.3, 0.4) is 0 Å². The summed E-state index contributed by atoms with van der Waals surface area (Å²) in [5, 5.41) is 24.2. The Balaban J connectivity index is 1.74. The Morgan fingerprint density at radius 1 is 0.867 bits per heavy atom. The molecule has 3 aromatic carbocycles. The van der Waals surface area contributed by atoms with Crippen molar-refractivity contribution in [1.29, 1.82) is 0 Å². The van der Waals surface area contributed by atoms with Gasteiger partial charge >= 0.3 is 0 Å². The third-order valence-corrected chi connectivity index (χ3v) is 5.00. The first kappa shape index (κ1) is 19.4. The van der Waals surface area contributed by atoms with Crippen molar-refractivity contribution < 1.29 is 19.8 Å². The maximum absolute atomic E-state index is 12.9. The van der Waals surface area contributed by atoms with Gasteiger partial charge in [-0.25, -0.2) is 4.99 Å². The van der Waals surface area contributed by atoms with Gasteiger partial charge in [0, 0.05) is 11.8 Å². The lowest BCUT2D eigenvalue weighted by Crippen LogP contribution is -2.27. The third-order valence-electron chi connectivity index (χ3n) is 5.00. The molecular weight excluding hydrogens is 380 g/mol. The molecule has 1 aliphatic carbocycles. The van der Waals surface area contributed by atoms with Crippen molar-refractivity contribution >= 4 is 34.3 Å². The molecule has 0 aliphatic heterocycles. The molecule has 150 valence electrons. The van der Waals surface area contributed by atoms with Gasteiger partial charge in [-0.3, -0.25) is 9.59 Å². The highest BCUT2D eigenvalue weighted by Crippen LogP contribution is 2.41. The number of aromatic hydroxyl groups is 2. The van der Waals surface area contributed by atoms with Gasteiger partial charge in [0.2, 0.25) is 5.78 Å². The van der Waals surface area contributed by atoms with Crippen LogP contribution in [-0.2, 0) is 0 Å². The molecule has 0 aromatic heterocycles. The van der Waals surface area contributed by atoms with E-state index in [0.717, 1.165) is 11.1 Å². The van der Waals surface area contributed by atoms with Crippen molar-refractivity contribution in [3.8, 4) is 11.5 Å². The fraction of sp³-hybridized carbons (Fsp3) is 0.125. The first-order valence-electron chi connectivity index (χ1n) is 9.48. The fourth-order valence-electron chi connectivity index (χ4n) is 3.38. The molecule has 6 heteroatoms. The number of nitrogens with one attached hydrogen (secondary N) is 1. The smallest absolute Gasteiger partial charge is 0.212 e. The summed E-state index contributed by atoms with van der Waals surface area (Å²) < 4.78 is 0. The second kappa shape index (κ2) is 7.48. The zero-order valence-electron chi connectivity index (χ0n) is 16.6. The Hall–Kier alpha value is -3.93. The molecule has 4 rings (SSSR count). The number of ketones is 2. The van der Waals surface area contributed by atoms with Crippen LogP contribution in [0.1, 0.15) is 38.3 Å². The number of nitrogens with zero attached hydrogens (tertiary/aromatic N) is 1. The molecule has 0 fully saturated rings. The standard InChI is InChI=1S/C24H20N2O4/c1-13-3-7-15(8-4-13)25-17-11-19(27)22-21(23(17)29)20(28)12-18(24(22)30)26-16-9-5-14(2)6-10-16/h3-11,25,27,29H,12H2,1-2H3. The minimum atomic E-state index is -0.570. The van der Waals surface area contributed by atoms with Crippen molar-refractivity contribution in [2.75, 3.05) is 5.32 Å². The summed E-state index contributed by atoms with van der Waals surface area (Å²) in [7, 11) is 0. The lowest BCUT2D eigenvalue weighted by atomic mass is 9.86. The van der Waals surface area contributed by atoms with E-state index < -0.39 is 11.6 Å². The number of phenolic OH excluding ortho intramolecular Hbond substituents is 2. The number of aliphatic imine (C=N–C) groups is 1. The highest BCUT2D eigenvalue weighted by Gasteiger charge is 2.35. The van der Waals surface area contributed by atoms with E-state index in [1.807, 2.05) is 50.2 Å². The molecule has 0 heterocycles. The van der Waals surface area contributed by atoms with Crippen molar-refractivity contribution in [3.63, 3.8) is 0 Å². The van der Waals surface area contributed by atoms with E-state index in [1.54, 1.807) is 12.1 Å². The van der Waals surface area contributed by atoms with Crippen LogP contribution in [0.5, 0.6) is 11.5 Å². The monoisotopic (exact) mass is 400 g/mol. The zero-order valence-corrected chi connectivity index (χ0v) is 16.6. The van der Waals surface area contributed by atoms with Gasteiger partial charge in [-0.2, -0.15) is 0 Å². The third kappa shape index (κ3) is 3.55. The number of phenols is 2. The van der Waals surface area contributed by atoms with E-state index in [9.17, 15) is 19.8 Å². The highest BCUT2D eigenvalue weighted by molar-refractivity contribution is 6.54. The second-order valence-electron chi connectivity index (χ2n) is 7.36. The maximum atomic E-state index is 12.9. The Kier molecular flexibility index (Phi) is 4.83. The second-order valence-corrected chi connectivity index (χ2v) is 7.36. The summed E-state index contributed by atoms with van der Waals surface area (Å²) in [5.41, 5.74) is 3.11. The summed E-state index contributed by atoms with van der Waals surface area (Å²) in [5.74, 6) is -1.79. The van der Waals surface area contributed by atoms with E-state index in [-0.39, 0.29) is 40.4 Å². The molecule has 0 unspecified atom stereocenters. The van der Waals surface area contributed by atoms with Crippen LogP contribution in [0, 0.1) is 13.8 Å². The average Bonchev–Trinajstić information content (AvgIpc) is 2.71. The number of carbonyl (C=O) groups is 2. The van der Waals surface area contributed by atoms with Crippen molar-refractivity contribution in [2.45, 2.75) is 20.3 Å². The number of hydrogen-bond donors (Lipinski definition) is 3. The van der Waals surface area contributed by atoms with E-state index in [0.29, 0.717) is 11.4 Å². The van der Waals surface area contributed by atoms with Gasteiger partial charge in [0.25, 0.3) is 0 Å². The van der Waals surface area contributed by atoms with Gasteiger partial charge < -0.3 is 15.5 Å². The number of fused-ring (bicyclic) bond motifs is 1. The molecule has 0 radical (unpaired) electrons. The van der Waals surface area contributed by atoms with Gasteiger partial charge in [-0.15, -0.1) is 0 Å². The number of carbonyl (C=O) groups excluding carboxylic acids is 2. The fourth-order valence-corrected chi connectivity index (χ4v) is 3.38. The van der Waals surface area contributed by atoms with E-state index in [2.05, 4.69) is 10.3 Å². The molecule has 3 N–H and O–H groups in total. The topological polar surface area (TPSA) is 99.0 Å². The molecular formula is C24H20N2O4. The molecule has 0 bridgehead atoms. The van der Waals surface area contributed by atoms with Crippen LogP contribution in [0.15, 0.2) is 59.6 Å². The molecule has 0 saturated carbocycles. The number of Topliss-reactive ketones (excluding diaryl/α,β-unsaturated/α-hetero) is 2. The van der Waals surface area contributed by atoms with Crippen LogP contribution in [0.4, 0.5) is 17.1 Å². The average molecular weight is 400 g/mol. The molecule has 0 amide bonds. The zero-order chi connectivity index (χ0) is 21.4. The van der Waals surface area contributed by atoms with Gasteiger partial charge in [-0.1, -0.05) is 35.4 Å². The largest absolute Gasteiger partial charge is 0.507 e. The summed E-state index contributed by atoms with van der Waals surface area (Å²) in [4.78, 5) is 30.0. The molecule has 0 saturated heterocycles. The number of hydrogen-bond acceptors (Lipinski definition) is 6. The first-order chi connectivity index (χ1) is 14.3. The lowest BCUT2D eigenvalue weighted by Gasteiger charge is -2.20.